The lowest BCUT2D eigenvalue weighted by atomic mass is 10.2. The van der Waals surface area contributed by atoms with Gasteiger partial charge < -0.3 is 14.6 Å². The number of ether oxygens (including phenoxy) is 2. The van der Waals surface area contributed by atoms with Crippen molar-refractivity contribution >= 4 is 55.4 Å². The summed E-state index contributed by atoms with van der Waals surface area (Å²) < 4.78 is 10.5. The highest BCUT2D eigenvalue weighted by atomic mass is 79.9. The van der Waals surface area contributed by atoms with E-state index in [0.717, 1.165) is 0 Å². The Kier molecular flexibility index (Phi) is 9.71. The van der Waals surface area contributed by atoms with E-state index in [0.29, 0.717) is 15.2 Å². The number of carboxylic acid groups (broad SMARTS) is 1. The zero-order chi connectivity index (χ0) is 17.3. The number of benzene rings is 1. The molecule has 0 amide bonds. The molecule has 0 aromatic heterocycles. The zero-order valence-corrected chi connectivity index (χ0v) is 16.3. The van der Waals surface area contributed by atoms with Crippen LogP contribution in [0.25, 0.3) is 0 Å². The summed E-state index contributed by atoms with van der Waals surface area (Å²) in [5.41, 5.74) is -0.356. The molecule has 0 aliphatic carbocycles. The van der Waals surface area contributed by atoms with E-state index < -0.39 is 5.97 Å². The zero-order valence-electron chi connectivity index (χ0n) is 12.4. The maximum absolute atomic E-state index is 10.6. The van der Waals surface area contributed by atoms with Crippen molar-refractivity contribution in [1.82, 2.24) is 0 Å². The third-order valence-electron chi connectivity index (χ3n) is 1.77. The molecule has 22 heavy (non-hydrogen) atoms. The summed E-state index contributed by atoms with van der Waals surface area (Å²) in [5.74, 6) is -0.767. The fourth-order valence-corrected chi connectivity index (χ4v) is 2.01. The van der Waals surface area contributed by atoms with E-state index in [9.17, 15) is 9.59 Å². The van der Waals surface area contributed by atoms with Crippen LogP contribution < -0.4 is 4.74 Å². The van der Waals surface area contributed by atoms with E-state index in [1.165, 1.54) is 0 Å². The van der Waals surface area contributed by atoms with Gasteiger partial charge in [-0.1, -0.05) is 27.5 Å². The third kappa shape index (κ3) is 10.9. The molecule has 1 aromatic rings. The summed E-state index contributed by atoms with van der Waals surface area (Å²) in [7, 11) is 0. The summed E-state index contributed by atoms with van der Waals surface area (Å²) in [6.07, 6.45) is 0. The van der Waals surface area contributed by atoms with Crippen molar-refractivity contribution in [3.8, 4) is 5.75 Å². The monoisotopic (exact) mass is 458 g/mol. The van der Waals surface area contributed by atoms with Gasteiger partial charge in [-0.05, 0) is 54.9 Å². The van der Waals surface area contributed by atoms with Crippen LogP contribution in [0.15, 0.2) is 22.7 Å². The van der Waals surface area contributed by atoms with Crippen LogP contribution in [0.2, 0.25) is 5.02 Å². The quantitative estimate of drug-likeness (QED) is 0.536. The standard InChI is InChI=1S/C8H6BrClO3.C6H11BrO2/c9-6-3-5(10)1-2-7(6)13-4-8(11)12;1-6(2,3)9-5(8)4-7/h1-3H,4H2,(H,11,12);4H2,1-3H3. The average molecular weight is 461 g/mol. The minimum absolute atomic E-state index is 0.220. The molecule has 0 aliphatic rings. The molecule has 1 N–H and O–H groups in total. The second kappa shape index (κ2) is 10.1. The van der Waals surface area contributed by atoms with Crippen LogP contribution in [0.3, 0.4) is 0 Å². The molecule has 5 nitrogen and oxygen atoms in total. The van der Waals surface area contributed by atoms with Gasteiger partial charge in [-0.25, -0.2) is 4.79 Å². The largest absolute Gasteiger partial charge is 0.481 e. The van der Waals surface area contributed by atoms with Gasteiger partial charge in [0.15, 0.2) is 6.61 Å². The average Bonchev–Trinajstić information content (AvgIpc) is 2.36. The molecular weight excluding hydrogens is 443 g/mol. The van der Waals surface area contributed by atoms with Gasteiger partial charge >= 0.3 is 11.9 Å². The van der Waals surface area contributed by atoms with Crippen LogP contribution in [-0.4, -0.2) is 34.6 Å². The predicted molar refractivity (Wildman–Crippen MR) is 91.9 cm³/mol. The lowest BCUT2D eigenvalue weighted by Crippen LogP contribution is -2.24. The molecule has 0 saturated heterocycles. The van der Waals surface area contributed by atoms with Gasteiger partial charge in [-0.3, -0.25) is 4.79 Å². The number of carbonyl (C=O) groups is 2. The Hall–Kier alpha value is -0.790. The number of carboxylic acids is 1. The molecule has 0 saturated carbocycles. The number of esters is 1. The SMILES string of the molecule is CC(C)(C)OC(=O)CBr.O=C(O)COc1ccc(Cl)cc1Br. The van der Waals surface area contributed by atoms with Crippen molar-refractivity contribution in [3.63, 3.8) is 0 Å². The van der Waals surface area contributed by atoms with E-state index in [1.807, 2.05) is 20.8 Å². The number of alkyl halides is 1. The van der Waals surface area contributed by atoms with Crippen molar-refractivity contribution < 1.29 is 24.2 Å². The van der Waals surface area contributed by atoms with Gasteiger partial charge in [0.25, 0.3) is 0 Å². The summed E-state index contributed by atoms with van der Waals surface area (Å²) in [4.78, 5) is 20.7. The Morgan fingerprint density at radius 1 is 1.32 bits per heavy atom. The second-order valence-corrected chi connectivity index (χ2v) is 6.83. The molecule has 0 aliphatic heterocycles. The van der Waals surface area contributed by atoms with Crippen molar-refractivity contribution in [2.24, 2.45) is 0 Å². The first kappa shape index (κ1) is 21.2. The predicted octanol–water partition coefficient (Wildman–Crippen LogP) is 4.29. The topological polar surface area (TPSA) is 72.8 Å². The molecule has 0 radical (unpaired) electrons. The maximum atomic E-state index is 10.6. The van der Waals surface area contributed by atoms with Gasteiger partial charge in [-0.2, -0.15) is 0 Å². The highest BCUT2D eigenvalue weighted by Crippen LogP contribution is 2.27. The van der Waals surface area contributed by atoms with Crippen molar-refractivity contribution in [3.05, 3.63) is 27.7 Å². The summed E-state index contributed by atoms with van der Waals surface area (Å²) >= 11 is 11.9. The van der Waals surface area contributed by atoms with Gasteiger partial charge in [-0.15, -0.1) is 0 Å². The van der Waals surface area contributed by atoms with Crippen LogP contribution in [0.1, 0.15) is 20.8 Å². The number of carbonyl (C=O) groups excluding carboxylic acids is 1. The second-order valence-electron chi connectivity index (χ2n) is 4.98. The van der Waals surface area contributed by atoms with Gasteiger partial charge in [0.05, 0.1) is 4.47 Å². The Bertz CT molecular complexity index is 514. The van der Waals surface area contributed by atoms with Crippen LogP contribution in [0, 0.1) is 0 Å². The molecule has 8 heteroatoms. The molecular formula is C14H17Br2ClO5. The highest BCUT2D eigenvalue weighted by molar-refractivity contribution is 9.10. The van der Waals surface area contributed by atoms with E-state index >= 15 is 0 Å². The van der Waals surface area contributed by atoms with Gasteiger partial charge in [0.1, 0.15) is 16.7 Å². The van der Waals surface area contributed by atoms with Crippen molar-refractivity contribution in [1.29, 1.82) is 0 Å². The number of hydrogen-bond donors (Lipinski definition) is 1. The maximum Gasteiger partial charge on any atom is 0.341 e. The van der Waals surface area contributed by atoms with Crippen LogP contribution >= 0.6 is 43.5 Å². The number of hydrogen-bond acceptors (Lipinski definition) is 4. The van der Waals surface area contributed by atoms with E-state index in [2.05, 4.69) is 31.9 Å². The molecule has 1 rings (SSSR count). The van der Waals surface area contributed by atoms with Crippen LogP contribution in [0.4, 0.5) is 0 Å². The normalized spacial score (nSPS) is 10.3. The van der Waals surface area contributed by atoms with Crippen LogP contribution in [0.5, 0.6) is 5.75 Å². The first-order valence-corrected chi connectivity index (χ1v) is 8.42. The Morgan fingerprint density at radius 2 is 1.91 bits per heavy atom. The molecule has 0 spiro atoms. The van der Waals surface area contributed by atoms with Gasteiger partial charge in [0, 0.05) is 5.02 Å². The molecule has 0 atom stereocenters. The molecule has 0 heterocycles. The summed E-state index contributed by atoms with van der Waals surface area (Å²) in [5, 5.41) is 9.19. The Balaban J connectivity index is 0.000000433. The molecule has 0 unspecified atom stereocenters. The van der Waals surface area contributed by atoms with E-state index in [4.69, 9.17) is 26.2 Å². The Labute approximate surface area is 151 Å². The molecule has 0 fully saturated rings. The minimum Gasteiger partial charge on any atom is -0.481 e. The lowest BCUT2D eigenvalue weighted by Gasteiger charge is -2.18. The highest BCUT2D eigenvalue weighted by Gasteiger charge is 2.14. The number of halogens is 3. The fourth-order valence-electron chi connectivity index (χ4n) is 1.10. The van der Waals surface area contributed by atoms with E-state index in [-0.39, 0.29) is 23.5 Å². The Morgan fingerprint density at radius 3 is 2.27 bits per heavy atom. The van der Waals surface area contributed by atoms with Gasteiger partial charge in [0.2, 0.25) is 0 Å². The fraction of sp³-hybridized carbons (Fsp3) is 0.429. The van der Waals surface area contributed by atoms with Crippen LogP contribution in [-0.2, 0) is 14.3 Å². The minimum atomic E-state index is -1.01. The van der Waals surface area contributed by atoms with Crippen molar-refractivity contribution in [2.45, 2.75) is 26.4 Å². The number of rotatable bonds is 4. The molecule has 1 aromatic carbocycles. The number of aliphatic carboxylic acids is 1. The van der Waals surface area contributed by atoms with E-state index in [1.54, 1.807) is 18.2 Å². The van der Waals surface area contributed by atoms with Crippen molar-refractivity contribution in [2.75, 3.05) is 11.9 Å². The first-order valence-electron chi connectivity index (χ1n) is 6.12. The smallest absolute Gasteiger partial charge is 0.341 e. The first-order chi connectivity index (χ1) is 10.0. The summed E-state index contributed by atoms with van der Waals surface area (Å²) in [6.45, 7) is 5.16. The lowest BCUT2D eigenvalue weighted by molar-refractivity contribution is -0.151. The third-order valence-corrected chi connectivity index (χ3v) is 3.09. The molecule has 124 valence electrons. The molecule has 0 bridgehead atoms. The summed E-state index contributed by atoms with van der Waals surface area (Å²) in [6, 6.07) is 4.87.